The number of carbonyl (C=O) groups is 1. The Bertz CT molecular complexity index is 509. The summed E-state index contributed by atoms with van der Waals surface area (Å²) in [6.45, 7) is 5.83. The molecule has 0 aliphatic carbocycles. The molecule has 0 saturated heterocycles. The van der Waals surface area contributed by atoms with Crippen molar-refractivity contribution in [2.24, 2.45) is 0 Å². The van der Waals surface area contributed by atoms with Crippen LogP contribution in [0.15, 0.2) is 30.4 Å². The molecule has 1 rings (SSSR count). The molecular weight excluding hydrogens is 259 g/mol. The topological polar surface area (TPSA) is 40.5 Å². The van der Waals surface area contributed by atoms with Gasteiger partial charge in [-0.25, -0.2) is 4.79 Å². The highest BCUT2D eigenvalue weighted by atomic mass is 19.4. The lowest BCUT2D eigenvalue weighted by Crippen LogP contribution is -2.21. The maximum Gasteiger partial charge on any atom is 0.417 e. The number of nitrogens with zero attached hydrogens (tertiary/aromatic N) is 1. The van der Waals surface area contributed by atoms with Crippen LogP contribution >= 0.6 is 0 Å². The van der Waals surface area contributed by atoms with E-state index in [1.54, 1.807) is 18.9 Å². The fourth-order valence-electron chi connectivity index (χ4n) is 1.69. The maximum absolute atomic E-state index is 12.8. The molecule has 6 heteroatoms. The second-order valence-corrected chi connectivity index (χ2v) is 4.35. The van der Waals surface area contributed by atoms with Gasteiger partial charge in [0.25, 0.3) is 0 Å². The van der Waals surface area contributed by atoms with Crippen LogP contribution in [0.2, 0.25) is 0 Å². The predicted octanol–water partition coefficient (Wildman–Crippen LogP) is 3.42. The number of carboxylic acid groups (broad SMARTS) is 1. The summed E-state index contributed by atoms with van der Waals surface area (Å²) in [6.07, 6.45) is -4.70. The maximum atomic E-state index is 12.8. The summed E-state index contributed by atoms with van der Waals surface area (Å²) >= 11 is 0. The molecule has 1 aromatic carbocycles. The van der Waals surface area contributed by atoms with Crippen molar-refractivity contribution in [3.8, 4) is 0 Å². The number of anilines is 1. The van der Waals surface area contributed by atoms with Gasteiger partial charge in [0.2, 0.25) is 0 Å². The Kier molecular flexibility index (Phi) is 4.24. The summed E-state index contributed by atoms with van der Waals surface area (Å²) in [4.78, 5) is 12.4. The Balaban J connectivity index is 3.26. The van der Waals surface area contributed by atoms with E-state index in [0.29, 0.717) is 12.2 Å². The minimum Gasteiger partial charge on any atom is -0.478 e. The summed E-state index contributed by atoms with van der Waals surface area (Å²) in [5.41, 5.74) is -0.815. The lowest BCUT2D eigenvalue weighted by atomic mass is 10.1. The number of halogens is 3. The van der Waals surface area contributed by atoms with E-state index in [2.05, 4.69) is 6.58 Å². The summed E-state index contributed by atoms with van der Waals surface area (Å²) < 4.78 is 38.4. The van der Waals surface area contributed by atoms with Crippen molar-refractivity contribution in [1.82, 2.24) is 0 Å². The second kappa shape index (κ2) is 5.34. The highest BCUT2D eigenvalue weighted by Gasteiger charge is 2.35. The quantitative estimate of drug-likeness (QED) is 0.854. The third-order valence-corrected chi connectivity index (χ3v) is 2.49. The van der Waals surface area contributed by atoms with Crippen molar-refractivity contribution in [2.75, 3.05) is 18.5 Å². The highest BCUT2D eigenvalue weighted by molar-refractivity contribution is 5.90. The standard InChI is InChI=1S/C13H14F3NO2/c1-8(2)7-17(3)9-4-5-10(12(18)19)11(6-9)13(14,15)16/h4-6H,1,7H2,2-3H3,(H,18,19). The fourth-order valence-corrected chi connectivity index (χ4v) is 1.69. The molecule has 0 saturated carbocycles. The zero-order valence-electron chi connectivity index (χ0n) is 10.6. The van der Waals surface area contributed by atoms with Crippen LogP contribution in [0.4, 0.5) is 18.9 Å². The van der Waals surface area contributed by atoms with E-state index < -0.39 is 23.3 Å². The van der Waals surface area contributed by atoms with Crippen LogP contribution in [-0.2, 0) is 6.18 Å². The van der Waals surface area contributed by atoms with Crippen LogP contribution in [0.3, 0.4) is 0 Å². The normalized spacial score (nSPS) is 11.2. The molecule has 19 heavy (non-hydrogen) atoms. The van der Waals surface area contributed by atoms with Crippen molar-refractivity contribution in [3.05, 3.63) is 41.5 Å². The summed E-state index contributed by atoms with van der Waals surface area (Å²) in [5, 5.41) is 8.78. The molecule has 0 amide bonds. The Hall–Kier alpha value is -1.98. The average molecular weight is 273 g/mol. The first-order valence-corrected chi connectivity index (χ1v) is 5.43. The largest absolute Gasteiger partial charge is 0.478 e. The Morgan fingerprint density at radius 1 is 1.42 bits per heavy atom. The number of hydrogen-bond acceptors (Lipinski definition) is 2. The van der Waals surface area contributed by atoms with E-state index in [4.69, 9.17) is 5.11 Å². The molecule has 0 fully saturated rings. The Morgan fingerprint density at radius 2 is 2.00 bits per heavy atom. The van der Waals surface area contributed by atoms with Gasteiger partial charge in [0.15, 0.2) is 0 Å². The lowest BCUT2D eigenvalue weighted by molar-refractivity contribution is -0.138. The minimum absolute atomic E-state index is 0.292. The van der Waals surface area contributed by atoms with E-state index in [1.165, 1.54) is 6.07 Å². The third-order valence-electron chi connectivity index (χ3n) is 2.49. The van der Waals surface area contributed by atoms with Gasteiger partial charge in [-0.3, -0.25) is 0 Å². The van der Waals surface area contributed by atoms with Crippen molar-refractivity contribution in [3.63, 3.8) is 0 Å². The van der Waals surface area contributed by atoms with E-state index >= 15 is 0 Å². The number of aromatic carboxylic acids is 1. The summed E-state index contributed by atoms with van der Waals surface area (Å²) in [6, 6.07) is 3.16. The van der Waals surface area contributed by atoms with Gasteiger partial charge in [-0.05, 0) is 25.1 Å². The zero-order valence-corrected chi connectivity index (χ0v) is 10.6. The van der Waals surface area contributed by atoms with Crippen LogP contribution in [0.5, 0.6) is 0 Å². The van der Waals surface area contributed by atoms with Crippen LogP contribution < -0.4 is 4.90 Å². The average Bonchev–Trinajstić information content (AvgIpc) is 2.25. The first-order valence-electron chi connectivity index (χ1n) is 5.43. The van der Waals surface area contributed by atoms with Crippen LogP contribution in [0.1, 0.15) is 22.8 Å². The van der Waals surface area contributed by atoms with Crippen molar-refractivity contribution >= 4 is 11.7 Å². The smallest absolute Gasteiger partial charge is 0.417 e. The van der Waals surface area contributed by atoms with E-state index in [-0.39, 0.29) is 0 Å². The molecule has 0 aliphatic rings. The molecule has 1 aromatic rings. The molecular formula is C13H14F3NO2. The van der Waals surface area contributed by atoms with Crippen molar-refractivity contribution in [1.29, 1.82) is 0 Å². The van der Waals surface area contributed by atoms with Gasteiger partial charge in [-0.1, -0.05) is 12.2 Å². The first-order chi connectivity index (χ1) is 8.62. The van der Waals surface area contributed by atoms with Gasteiger partial charge in [0.05, 0.1) is 11.1 Å². The molecule has 3 nitrogen and oxygen atoms in total. The third kappa shape index (κ3) is 3.74. The van der Waals surface area contributed by atoms with Crippen molar-refractivity contribution in [2.45, 2.75) is 13.1 Å². The molecule has 1 N–H and O–H groups in total. The zero-order chi connectivity index (χ0) is 14.8. The van der Waals surface area contributed by atoms with E-state index in [1.807, 2.05) is 0 Å². The number of rotatable bonds is 4. The molecule has 0 aromatic heterocycles. The molecule has 0 radical (unpaired) electrons. The molecule has 104 valence electrons. The number of hydrogen-bond donors (Lipinski definition) is 1. The molecule has 0 aliphatic heterocycles. The minimum atomic E-state index is -4.70. The van der Waals surface area contributed by atoms with Crippen molar-refractivity contribution < 1.29 is 23.1 Å². The highest BCUT2D eigenvalue weighted by Crippen LogP contribution is 2.34. The Morgan fingerprint density at radius 3 is 2.42 bits per heavy atom. The number of likely N-dealkylation sites (N-methyl/N-ethyl adjacent to an activating group) is 1. The SMILES string of the molecule is C=C(C)CN(C)c1ccc(C(=O)O)c(C(F)(F)F)c1. The van der Waals surface area contributed by atoms with Crippen LogP contribution in [-0.4, -0.2) is 24.7 Å². The molecule has 0 unspecified atom stereocenters. The predicted molar refractivity (Wildman–Crippen MR) is 66.5 cm³/mol. The van der Waals surface area contributed by atoms with E-state index in [0.717, 1.165) is 17.7 Å². The fraction of sp³-hybridized carbons (Fsp3) is 0.308. The Labute approximate surface area is 109 Å². The van der Waals surface area contributed by atoms with Crippen LogP contribution in [0, 0.1) is 0 Å². The van der Waals surface area contributed by atoms with Gasteiger partial charge in [-0.2, -0.15) is 13.2 Å². The molecule has 0 heterocycles. The van der Waals surface area contributed by atoms with Gasteiger partial charge in [0, 0.05) is 19.3 Å². The molecule has 0 spiro atoms. The number of benzene rings is 1. The second-order valence-electron chi connectivity index (χ2n) is 4.35. The summed E-state index contributed by atoms with van der Waals surface area (Å²) in [7, 11) is 1.62. The van der Waals surface area contributed by atoms with E-state index in [9.17, 15) is 18.0 Å². The monoisotopic (exact) mass is 273 g/mol. The van der Waals surface area contributed by atoms with Gasteiger partial charge in [-0.15, -0.1) is 0 Å². The van der Waals surface area contributed by atoms with Gasteiger partial charge in [0.1, 0.15) is 0 Å². The first kappa shape index (κ1) is 15.1. The van der Waals surface area contributed by atoms with Crippen LogP contribution in [0.25, 0.3) is 0 Å². The molecule has 0 bridgehead atoms. The van der Waals surface area contributed by atoms with Gasteiger partial charge >= 0.3 is 12.1 Å². The lowest BCUT2D eigenvalue weighted by Gasteiger charge is -2.21. The molecule has 0 atom stereocenters. The number of carboxylic acids is 1. The summed E-state index contributed by atoms with van der Waals surface area (Å²) in [5.74, 6) is -1.60. The number of alkyl halides is 3. The van der Waals surface area contributed by atoms with Gasteiger partial charge < -0.3 is 10.0 Å².